The number of nitrogens with zero attached hydrogens (tertiary/aromatic N) is 1. The van der Waals surface area contributed by atoms with Crippen molar-refractivity contribution >= 4 is 5.91 Å². The molecule has 2 aromatic rings. The third-order valence-corrected chi connectivity index (χ3v) is 10.2. The van der Waals surface area contributed by atoms with Crippen LogP contribution in [0.15, 0.2) is 54.6 Å². The van der Waals surface area contributed by atoms with Gasteiger partial charge in [-0.25, -0.2) is 0 Å². The van der Waals surface area contributed by atoms with E-state index < -0.39 is 0 Å². The fraction of sp³-hybridized carbons (Fsp3) is 0.639. The van der Waals surface area contributed by atoms with E-state index in [1.165, 1.54) is 67.5 Å². The van der Waals surface area contributed by atoms with Gasteiger partial charge in [0.1, 0.15) is 5.75 Å². The smallest absolute Gasteiger partial charge is 0.220 e. The maximum atomic E-state index is 13.1. The van der Waals surface area contributed by atoms with Crippen LogP contribution >= 0.6 is 0 Å². The van der Waals surface area contributed by atoms with Gasteiger partial charge in [0.2, 0.25) is 5.91 Å². The molecule has 1 N–H and O–H groups in total. The summed E-state index contributed by atoms with van der Waals surface area (Å²) in [6.07, 6.45) is 12.5. The number of carbonyl (C=O) groups excluding carboxylic acids is 1. The summed E-state index contributed by atoms with van der Waals surface area (Å²) >= 11 is 0. The van der Waals surface area contributed by atoms with Gasteiger partial charge in [0.05, 0.1) is 33.3 Å². The number of likely N-dealkylation sites (tertiary alicyclic amines) is 1. The van der Waals surface area contributed by atoms with E-state index in [1.807, 2.05) is 0 Å². The Kier molecular flexibility index (Phi) is 9.56. The van der Waals surface area contributed by atoms with Crippen molar-refractivity contribution in [3.63, 3.8) is 0 Å². The summed E-state index contributed by atoms with van der Waals surface area (Å²) in [5.74, 6) is 3.55. The Labute approximate surface area is 243 Å². The van der Waals surface area contributed by atoms with Crippen molar-refractivity contribution in [3.05, 3.63) is 65.7 Å². The van der Waals surface area contributed by atoms with E-state index in [0.717, 1.165) is 56.1 Å². The first kappa shape index (κ1) is 29.2. The van der Waals surface area contributed by atoms with Crippen molar-refractivity contribution in [2.24, 2.45) is 17.8 Å². The Morgan fingerprint density at radius 1 is 1.02 bits per heavy atom. The molecule has 1 aliphatic heterocycles. The zero-order valence-electron chi connectivity index (χ0n) is 25.4. The monoisotopic (exact) mass is 545 g/mol. The van der Waals surface area contributed by atoms with Crippen molar-refractivity contribution in [1.29, 1.82) is 0 Å². The van der Waals surface area contributed by atoms with Crippen molar-refractivity contribution < 1.29 is 14.0 Å². The lowest BCUT2D eigenvalue weighted by molar-refractivity contribution is -0.942. The second kappa shape index (κ2) is 13.1. The number of quaternary nitrogens is 1. The first-order valence-electron chi connectivity index (χ1n) is 16.2. The first-order valence-corrected chi connectivity index (χ1v) is 16.2. The molecule has 3 fully saturated rings. The number of methoxy groups -OCH3 is 1. The van der Waals surface area contributed by atoms with Crippen LogP contribution < -0.4 is 10.1 Å². The predicted molar refractivity (Wildman–Crippen MR) is 164 cm³/mol. The molecule has 3 aliphatic rings. The van der Waals surface area contributed by atoms with Crippen LogP contribution in [0.5, 0.6) is 5.75 Å². The Morgan fingerprint density at radius 3 is 2.60 bits per heavy atom. The summed E-state index contributed by atoms with van der Waals surface area (Å²) in [6, 6.07) is 19.8. The zero-order valence-corrected chi connectivity index (χ0v) is 25.4. The van der Waals surface area contributed by atoms with Gasteiger partial charge < -0.3 is 14.5 Å². The molecule has 0 aromatic heterocycles. The summed E-state index contributed by atoms with van der Waals surface area (Å²) in [5.41, 5.74) is 2.96. The average molecular weight is 546 g/mol. The van der Waals surface area contributed by atoms with Gasteiger partial charge in [0.25, 0.3) is 0 Å². The highest BCUT2D eigenvalue weighted by atomic mass is 16.5. The minimum Gasteiger partial charge on any atom is -0.497 e. The molecular weight excluding hydrogens is 492 g/mol. The van der Waals surface area contributed by atoms with Crippen molar-refractivity contribution in [2.45, 2.75) is 95.9 Å². The number of ether oxygens (including phenoxy) is 1. The van der Waals surface area contributed by atoms with Gasteiger partial charge in [-0.1, -0.05) is 62.7 Å². The van der Waals surface area contributed by atoms with E-state index in [0.29, 0.717) is 12.3 Å². The van der Waals surface area contributed by atoms with Crippen LogP contribution in [0, 0.1) is 17.8 Å². The van der Waals surface area contributed by atoms with Crippen LogP contribution in [0.3, 0.4) is 0 Å². The molecule has 4 nitrogen and oxygen atoms in total. The molecule has 2 aromatic carbocycles. The molecule has 5 rings (SSSR count). The molecule has 1 heterocycles. The maximum absolute atomic E-state index is 13.1. The van der Waals surface area contributed by atoms with Crippen molar-refractivity contribution in [2.75, 3.05) is 33.3 Å². The lowest BCUT2D eigenvalue weighted by Crippen LogP contribution is -2.64. The lowest BCUT2D eigenvalue weighted by atomic mass is 9.57. The molecule has 0 bridgehead atoms. The number of unbranched alkanes of at least 4 members (excludes halogenated alkanes) is 2. The molecule has 0 spiro atoms. The van der Waals surface area contributed by atoms with Crippen LogP contribution in [0.4, 0.5) is 0 Å². The number of rotatable bonds is 13. The number of hydrogen-bond acceptors (Lipinski definition) is 2. The van der Waals surface area contributed by atoms with Gasteiger partial charge in [0, 0.05) is 42.1 Å². The lowest BCUT2D eigenvalue weighted by Gasteiger charge is -2.57. The number of aryl methyl sites for hydroxylation is 1. The molecule has 0 radical (unpaired) electrons. The van der Waals surface area contributed by atoms with Crippen molar-refractivity contribution in [3.8, 4) is 5.75 Å². The van der Waals surface area contributed by atoms with E-state index in [9.17, 15) is 4.79 Å². The summed E-state index contributed by atoms with van der Waals surface area (Å²) in [7, 11) is 1.78. The van der Waals surface area contributed by atoms with Gasteiger partial charge in [0.15, 0.2) is 0 Å². The second-order valence-corrected chi connectivity index (χ2v) is 13.9. The molecule has 1 saturated heterocycles. The topological polar surface area (TPSA) is 38.3 Å². The molecule has 218 valence electrons. The maximum Gasteiger partial charge on any atom is 0.220 e. The van der Waals surface area contributed by atoms with Crippen LogP contribution in [-0.4, -0.2) is 49.7 Å². The Hall–Kier alpha value is -2.33. The molecular formula is C36H53N2O2+. The highest BCUT2D eigenvalue weighted by Gasteiger charge is 2.54. The zero-order chi connectivity index (χ0) is 28.0. The molecule has 2 aliphatic carbocycles. The van der Waals surface area contributed by atoms with Crippen LogP contribution in [-0.2, 0) is 16.6 Å². The van der Waals surface area contributed by atoms with E-state index >= 15 is 0 Å². The van der Waals surface area contributed by atoms with Gasteiger partial charge in [-0.05, 0) is 74.6 Å². The first-order chi connectivity index (χ1) is 19.4. The standard InChI is InChI=1S/C36H52N2O2/c1-28(2)25-38(26-30-17-18-30)22-21-36(31-14-10-15-34(23-31)40-3)24-33(20-19-32(36)27-38)37-35(39)16-9-5-8-13-29-11-6-4-7-12-29/h4,6-7,10-12,14-15,23,28,30,32-33H,5,8-9,13,16-22,24-27H2,1-3H3/p+1/t32?,33-,36+,38-/m0/s1. The fourth-order valence-corrected chi connectivity index (χ4v) is 8.27. The summed E-state index contributed by atoms with van der Waals surface area (Å²) in [6.45, 7) is 10.1. The molecule has 4 atom stereocenters. The quantitative estimate of drug-likeness (QED) is 0.212. The highest BCUT2D eigenvalue weighted by molar-refractivity contribution is 5.76. The minimum atomic E-state index is 0.128. The number of benzene rings is 2. The average Bonchev–Trinajstić information content (AvgIpc) is 3.77. The normalized spacial score (nSPS) is 28.2. The Bertz CT molecular complexity index is 1090. The molecule has 1 amide bonds. The van der Waals surface area contributed by atoms with Crippen LogP contribution in [0.1, 0.15) is 89.2 Å². The Morgan fingerprint density at radius 2 is 1.85 bits per heavy atom. The summed E-state index contributed by atoms with van der Waals surface area (Å²) < 4.78 is 7.00. The van der Waals surface area contributed by atoms with E-state index in [-0.39, 0.29) is 17.4 Å². The number of nitrogens with one attached hydrogen (secondary N) is 1. The molecule has 1 unspecified atom stereocenters. The summed E-state index contributed by atoms with van der Waals surface area (Å²) in [4.78, 5) is 13.1. The van der Waals surface area contributed by atoms with Gasteiger partial charge in [-0.3, -0.25) is 4.79 Å². The van der Waals surface area contributed by atoms with Crippen molar-refractivity contribution in [1.82, 2.24) is 5.32 Å². The van der Waals surface area contributed by atoms with Gasteiger partial charge in [-0.2, -0.15) is 0 Å². The van der Waals surface area contributed by atoms with Gasteiger partial charge in [-0.15, -0.1) is 0 Å². The minimum absolute atomic E-state index is 0.128. The van der Waals surface area contributed by atoms with Crippen LogP contribution in [0.2, 0.25) is 0 Å². The fourth-order valence-electron chi connectivity index (χ4n) is 8.27. The number of amides is 1. The van der Waals surface area contributed by atoms with Gasteiger partial charge >= 0.3 is 0 Å². The number of hydrogen-bond donors (Lipinski definition) is 1. The third-order valence-electron chi connectivity index (χ3n) is 10.2. The van der Waals surface area contributed by atoms with E-state index in [4.69, 9.17) is 4.74 Å². The number of carbonyl (C=O) groups is 1. The molecule has 4 heteroatoms. The Balaban J connectivity index is 1.23. The second-order valence-electron chi connectivity index (χ2n) is 13.9. The summed E-state index contributed by atoms with van der Waals surface area (Å²) in [5, 5.41) is 3.50. The highest BCUT2D eigenvalue weighted by Crippen LogP contribution is 2.52. The predicted octanol–water partition coefficient (Wildman–Crippen LogP) is 7.31. The number of fused-ring (bicyclic) bond motifs is 1. The van der Waals surface area contributed by atoms with Crippen LogP contribution in [0.25, 0.3) is 0 Å². The number of piperidine rings is 1. The SMILES string of the molecule is COc1cccc([C@]23CC[N@+](CC(C)C)(CC4CC4)CC2CC[C@H](NC(=O)CCCCCc2ccccc2)C3)c1. The molecule has 40 heavy (non-hydrogen) atoms. The van der Waals surface area contributed by atoms with E-state index in [2.05, 4.69) is 73.8 Å². The third kappa shape index (κ3) is 7.29. The largest absolute Gasteiger partial charge is 0.497 e. The molecule has 2 saturated carbocycles. The van der Waals surface area contributed by atoms with E-state index in [1.54, 1.807) is 7.11 Å².